The van der Waals surface area contributed by atoms with Gasteiger partial charge in [0.2, 0.25) is 5.91 Å². The van der Waals surface area contributed by atoms with Crippen LogP contribution in [0, 0.1) is 0 Å². The first-order valence-electron chi connectivity index (χ1n) is 8.86. The summed E-state index contributed by atoms with van der Waals surface area (Å²) in [5.74, 6) is 1.75. The molecule has 0 bridgehead atoms. The van der Waals surface area contributed by atoms with Crippen LogP contribution in [0.25, 0.3) is 0 Å². The van der Waals surface area contributed by atoms with Crippen LogP contribution in [-0.4, -0.2) is 5.91 Å². The second-order valence-electron chi connectivity index (χ2n) is 6.37. The average Bonchev–Trinajstić information content (AvgIpc) is 3.15. The minimum absolute atomic E-state index is 0.107. The van der Waals surface area contributed by atoms with Crippen molar-refractivity contribution >= 4 is 23.5 Å². The van der Waals surface area contributed by atoms with Gasteiger partial charge in [-0.05, 0) is 59.5 Å². The third-order valence-electron chi connectivity index (χ3n) is 4.37. The molecule has 27 heavy (non-hydrogen) atoms. The third-order valence-corrected chi connectivity index (χ3v) is 5.44. The van der Waals surface area contributed by atoms with E-state index in [2.05, 4.69) is 34.3 Å². The average molecular weight is 376 g/mol. The van der Waals surface area contributed by atoms with E-state index in [4.69, 9.17) is 4.74 Å². The van der Waals surface area contributed by atoms with Crippen LogP contribution in [-0.2, 0) is 11.3 Å². The minimum Gasteiger partial charge on any atom is -0.457 e. The molecule has 1 fully saturated rings. The van der Waals surface area contributed by atoms with Crippen molar-refractivity contribution in [2.24, 2.45) is 0 Å². The molecule has 0 spiro atoms. The number of carbonyl (C=O) groups is 1. The summed E-state index contributed by atoms with van der Waals surface area (Å²) in [6.07, 6.45) is 0.555. The minimum atomic E-state index is 0.107. The molecule has 3 aromatic carbocycles. The van der Waals surface area contributed by atoms with Gasteiger partial charge in [0.1, 0.15) is 11.5 Å². The monoisotopic (exact) mass is 376 g/mol. The Morgan fingerprint density at radius 1 is 0.926 bits per heavy atom. The SMILES string of the molecule is O=C1CC(c2ccc(CNc3ccc(Oc4ccccc4)cc3)cc2)SN1. The van der Waals surface area contributed by atoms with Gasteiger partial charge in [0.25, 0.3) is 0 Å². The molecule has 0 aromatic heterocycles. The predicted molar refractivity (Wildman–Crippen MR) is 110 cm³/mol. The van der Waals surface area contributed by atoms with E-state index in [9.17, 15) is 4.79 Å². The smallest absolute Gasteiger partial charge is 0.231 e. The maximum absolute atomic E-state index is 11.3. The Bertz CT molecular complexity index is 896. The quantitative estimate of drug-likeness (QED) is 0.573. The molecular formula is C22H20N2O2S. The van der Waals surface area contributed by atoms with Gasteiger partial charge in [-0.2, -0.15) is 0 Å². The maximum atomic E-state index is 11.3. The van der Waals surface area contributed by atoms with Crippen LogP contribution in [0.2, 0.25) is 0 Å². The van der Waals surface area contributed by atoms with Crippen LogP contribution < -0.4 is 14.8 Å². The fourth-order valence-corrected chi connectivity index (χ4v) is 3.78. The van der Waals surface area contributed by atoms with Crippen LogP contribution in [0.1, 0.15) is 22.8 Å². The molecule has 4 nitrogen and oxygen atoms in total. The number of hydrogen-bond acceptors (Lipinski definition) is 4. The first kappa shape index (κ1) is 17.5. The lowest BCUT2D eigenvalue weighted by Gasteiger charge is -2.10. The van der Waals surface area contributed by atoms with Crippen molar-refractivity contribution in [2.75, 3.05) is 5.32 Å². The highest BCUT2D eigenvalue weighted by Gasteiger charge is 2.23. The summed E-state index contributed by atoms with van der Waals surface area (Å²) in [5.41, 5.74) is 3.43. The van der Waals surface area contributed by atoms with E-state index in [1.54, 1.807) is 0 Å². The number of nitrogens with one attached hydrogen (secondary N) is 2. The number of benzene rings is 3. The second kappa shape index (κ2) is 8.18. The Hall–Kier alpha value is -2.92. The molecule has 1 heterocycles. The Labute approximate surface area is 163 Å². The van der Waals surface area contributed by atoms with Crippen LogP contribution in [0.3, 0.4) is 0 Å². The van der Waals surface area contributed by atoms with Crippen molar-refractivity contribution in [2.45, 2.75) is 18.2 Å². The normalized spacial score (nSPS) is 16.0. The molecule has 5 heteroatoms. The molecule has 2 N–H and O–H groups in total. The van der Waals surface area contributed by atoms with Gasteiger partial charge in [0.15, 0.2) is 0 Å². The number of rotatable bonds is 6. The van der Waals surface area contributed by atoms with Crippen molar-refractivity contribution in [1.29, 1.82) is 0 Å². The van der Waals surface area contributed by atoms with Crippen LogP contribution in [0.4, 0.5) is 5.69 Å². The summed E-state index contributed by atoms with van der Waals surface area (Å²) in [7, 11) is 0. The summed E-state index contributed by atoms with van der Waals surface area (Å²) in [5, 5.41) is 3.64. The van der Waals surface area contributed by atoms with Gasteiger partial charge in [-0.25, -0.2) is 0 Å². The molecule has 1 aliphatic rings. The zero-order valence-corrected chi connectivity index (χ0v) is 15.5. The molecule has 1 unspecified atom stereocenters. The van der Waals surface area contributed by atoms with Crippen LogP contribution in [0.15, 0.2) is 78.9 Å². The first-order valence-corrected chi connectivity index (χ1v) is 9.74. The van der Waals surface area contributed by atoms with E-state index in [0.29, 0.717) is 6.42 Å². The third kappa shape index (κ3) is 4.63. The summed E-state index contributed by atoms with van der Waals surface area (Å²) in [6.45, 7) is 0.744. The number of para-hydroxylation sites is 1. The highest BCUT2D eigenvalue weighted by atomic mass is 32.2. The van der Waals surface area contributed by atoms with Crippen LogP contribution in [0.5, 0.6) is 11.5 Å². The van der Waals surface area contributed by atoms with E-state index >= 15 is 0 Å². The van der Waals surface area contributed by atoms with Gasteiger partial charge in [0.05, 0.1) is 5.25 Å². The van der Waals surface area contributed by atoms with Crippen molar-refractivity contribution < 1.29 is 9.53 Å². The van der Waals surface area contributed by atoms with E-state index in [-0.39, 0.29) is 11.2 Å². The Morgan fingerprint density at radius 2 is 1.63 bits per heavy atom. The van der Waals surface area contributed by atoms with Crippen molar-refractivity contribution in [3.05, 3.63) is 90.0 Å². The van der Waals surface area contributed by atoms with Gasteiger partial charge in [0, 0.05) is 18.7 Å². The number of amides is 1. The van der Waals surface area contributed by atoms with Crippen LogP contribution >= 0.6 is 11.9 Å². The van der Waals surface area contributed by atoms with E-state index in [1.807, 2.05) is 54.6 Å². The molecule has 0 aliphatic carbocycles. The number of anilines is 1. The molecule has 0 radical (unpaired) electrons. The van der Waals surface area contributed by atoms with Gasteiger partial charge in [-0.1, -0.05) is 42.5 Å². The second-order valence-corrected chi connectivity index (χ2v) is 7.38. The predicted octanol–water partition coefficient (Wildman–Crippen LogP) is 5.30. The molecule has 1 atom stereocenters. The Balaban J connectivity index is 1.31. The summed E-state index contributed by atoms with van der Waals surface area (Å²) < 4.78 is 8.61. The number of ether oxygens (including phenoxy) is 1. The van der Waals surface area contributed by atoms with Gasteiger partial charge in [-0.3, -0.25) is 9.52 Å². The van der Waals surface area contributed by atoms with Gasteiger partial charge in [-0.15, -0.1) is 0 Å². The molecule has 1 saturated heterocycles. The highest BCUT2D eigenvalue weighted by molar-refractivity contribution is 7.98. The van der Waals surface area contributed by atoms with Crippen molar-refractivity contribution in [3.63, 3.8) is 0 Å². The molecule has 1 amide bonds. The molecule has 0 saturated carbocycles. The first-order chi connectivity index (χ1) is 13.3. The lowest BCUT2D eigenvalue weighted by atomic mass is 10.1. The molecule has 4 rings (SSSR count). The molecule has 1 aliphatic heterocycles. The molecule has 3 aromatic rings. The Morgan fingerprint density at radius 3 is 2.30 bits per heavy atom. The van der Waals surface area contributed by atoms with Crippen molar-refractivity contribution in [3.8, 4) is 11.5 Å². The summed E-state index contributed by atoms with van der Waals surface area (Å²) in [6, 6.07) is 26.1. The summed E-state index contributed by atoms with van der Waals surface area (Å²) >= 11 is 1.49. The zero-order chi connectivity index (χ0) is 18.5. The number of hydrogen-bond donors (Lipinski definition) is 2. The Kier molecular flexibility index (Phi) is 5.30. The zero-order valence-electron chi connectivity index (χ0n) is 14.7. The highest BCUT2D eigenvalue weighted by Crippen LogP contribution is 2.34. The fourth-order valence-electron chi connectivity index (χ4n) is 2.89. The van der Waals surface area contributed by atoms with E-state index in [1.165, 1.54) is 23.1 Å². The number of carbonyl (C=O) groups excluding carboxylic acids is 1. The van der Waals surface area contributed by atoms with Crippen molar-refractivity contribution in [1.82, 2.24) is 4.72 Å². The van der Waals surface area contributed by atoms with Gasteiger partial charge < -0.3 is 10.1 Å². The molecular weight excluding hydrogens is 356 g/mol. The topological polar surface area (TPSA) is 50.4 Å². The summed E-state index contributed by atoms with van der Waals surface area (Å²) in [4.78, 5) is 11.3. The maximum Gasteiger partial charge on any atom is 0.231 e. The molecule has 136 valence electrons. The lowest BCUT2D eigenvalue weighted by molar-refractivity contribution is -0.118. The largest absolute Gasteiger partial charge is 0.457 e. The standard InChI is InChI=1S/C22H20N2O2S/c25-22-14-21(27-24-22)17-8-6-16(7-9-17)15-23-18-10-12-20(13-11-18)26-19-4-2-1-3-5-19/h1-13,21,23H,14-15H2,(H,24,25). The van der Waals surface area contributed by atoms with E-state index < -0.39 is 0 Å². The lowest BCUT2D eigenvalue weighted by Crippen LogP contribution is -2.05. The fraction of sp³-hybridized carbons (Fsp3) is 0.136. The van der Waals surface area contributed by atoms with Gasteiger partial charge >= 0.3 is 0 Å². The van der Waals surface area contributed by atoms with E-state index in [0.717, 1.165) is 23.7 Å².